The quantitative estimate of drug-likeness (QED) is 0.161. The van der Waals surface area contributed by atoms with Crippen LogP contribution in [0.5, 0.6) is 0 Å². The van der Waals surface area contributed by atoms with Crippen LogP contribution in [-0.4, -0.2) is 58.3 Å². The summed E-state index contributed by atoms with van der Waals surface area (Å²) in [5.74, 6) is -4.93. The van der Waals surface area contributed by atoms with Crippen LogP contribution in [0.3, 0.4) is 0 Å². The van der Waals surface area contributed by atoms with Gasteiger partial charge >= 0.3 is 23.6 Å². The predicted molar refractivity (Wildman–Crippen MR) is 175 cm³/mol. The second-order valence-corrected chi connectivity index (χ2v) is 10.9. The molecule has 0 radical (unpaired) electrons. The lowest BCUT2D eigenvalue weighted by Gasteiger charge is -2.25. The Hall–Kier alpha value is -6.47. The van der Waals surface area contributed by atoms with Gasteiger partial charge in [0.1, 0.15) is 12.7 Å². The molecule has 13 heteroatoms. The first kappa shape index (κ1) is 33.4. The third-order valence-electron chi connectivity index (χ3n) is 7.63. The molecular weight excluding hydrogens is 649 g/mol. The van der Waals surface area contributed by atoms with Gasteiger partial charge in [-0.2, -0.15) is 4.98 Å². The zero-order chi connectivity index (χ0) is 35.0. The first-order chi connectivity index (χ1) is 24.3. The summed E-state index contributed by atoms with van der Waals surface area (Å²) in [5, 5.41) is 2.27. The number of rotatable bonds is 10. The highest BCUT2D eigenvalue weighted by atomic mass is 19.1. The molecule has 6 rings (SSSR count). The third kappa shape index (κ3) is 7.63. The molecule has 1 aliphatic heterocycles. The highest BCUT2D eigenvalue weighted by molar-refractivity contribution is 6.03. The molecule has 50 heavy (non-hydrogen) atoms. The van der Waals surface area contributed by atoms with E-state index in [0.29, 0.717) is 4.57 Å². The third-order valence-corrected chi connectivity index (χ3v) is 7.63. The topological polar surface area (TPSA) is 152 Å². The Morgan fingerprint density at radius 2 is 1.14 bits per heavy atom. The Balaban J connectivity index is 1.35. The molecule has 1 aromatic heterocycles. The van der Waals surface area contributed by atoms with Crippen molar-refractivity contribution >= 4 is 29.6 Å². The number of benzene rings is 4. The van der Waals surface area contributed by atoms with E-state index in [4.69, 9.17) is 18.9 Å². The largest absolute Gasteiger partial charge is 0.459 e. The number of nitrogens with zero attached hydrogens (tertiary/aromatic N) is 2. The number of amides is 1. The number of hydrogen-bond donors (Lipinski definition) is 1. The molecule has 0 unspecified atom stereocenters. The number of aromatic nitrogens is 2. The molecule has 1 amide bonds. The second kappa shape index (κ2) is 15.2. The molecule has 1 fully saturated rings. The van der Waals surface area contributed by atoms with Crippen molar-refractivity contribution in [3.8, 4) is 0 Å². The zero-order valence-electron chi connectivity index (χ0n) is 26.1. The fourth-order valence-corrected chi connectivity index (χ4v) is 5.17. The standard InChI is InChI=1S/C37H28FN3O9/c38-27-21-41(37(46)40-31(27)39-32(42)23-13-5-1-6-14-23)33-30(50-36(45)26-19-11-4-12-20-26)29(49-35(44)25-17-9-3-10-18-25)28(48-33)22-47-34(43)24-15-7-2-8-16-24/h1-21,28-30,33H,22H2,(H,39,40,42,46)/t28-,29+,30+,33-/m1/s1. The van der Waals surface area contributed by atoms with E-state index >= 15 is 4.39 Å². The van der Waals surface area contributed by atoms with Crippen LogP contribution in [0.2, 0.25) is 0 Å². The molecule has 0 spiro atoms. The Kier molecular flexibility index (Phi) is 10.1. The monoisotopic (exact) mass is 677 g/mol. The molecule has 5 aromatic rings. The van der Waals surface area contributed by atoms with Crippen LogP contribution >= 0.6 is 0 Å². The molecule has 12 nitrogen and oxygen atoms in total. The molecule has 0 saturated carbocycles. The van der Waals surface area contributed by atoms with Gasteiger partial charge in [0.05, 0.1) is 22.9 Å². The maximum absolute atomic E-state index is 15.5. The van der Waals surface area contributed by atoms with Crippen LogP contribution in [0, 0.1) is 5.82 Å². The molecule has 1 aliphatic rings. The smallest absolute Gasteiger partial charge is 0.351 e. The number of nitrogens with one attached hydrogen (secondary N) is 1. The average Bonchev–Trinajstić information content (AvgIpc) is 3.48. The van der Waals surface area contributed by atoms with E-state index in [1.54, 1.807) is 72.8 Å². The fourth-order valence-electron chi connectivity index (χ4n) is 5.17. The lowest BCUT2D eigenvalue weighted by molar-refractivity contribution is -0.0642. The summed E-state index contributed by atoms with van der Waals surface area (Å²) in [6, 6.07) is 31.7. The van der Waals surface area contributed by atoms with Gasteiger partial charge in [-0.1, -0.05) is 72.8 Å². The maximum Gasteiger partial charge on any atom is 0.351 e. The van der Waals surface area contributed by atoms with Crippen LogP contribution in [-0.2, 0) is 18.9 Å². The van der Waals surface area contributed by atoms with Crippen molar-refractivity contribution in [2.24, 2.45) is 0 Å². The zero-order valence-corrected chi connectivity index (χ0v) is 26.1. The highest BCUT2D eigenvalue weighted by Gasteiger charge is 2.52. The van der Waals surface area contributed by atoms with Gasteiger partial charge in [0, 0.05) is 5.56 Å². The minimum Gasteiger partial charge on any atom is -0.459 e. The van der Waals surface area contributed by atoms with Gasteiger partial charge in [0.25, 0.3) is 5.91 Å². The molecule has 0 aliphatic carbocycles. The number of carbonyl (C=O) groups excluding carboxylic acids is 4. The van der Waals surface area contributed by atoms with Crippen molar-refractivity contribution in [1.82, 2.24) is 9.55 Å². The predicted octanol–water partition coefficient (Wildman–Crippen LogP) is 4.84. The Labute approximate surface area is 284 Å². The highest BCUT2D eigenvalue weighted by Crippen LogP contribution is 2.35. The van der Waals surface area contributed by atoms with Crippen LogP contribution in [0.4, 0.5) is 10.2 Å². The van der Waals surface area contributed by atoms with Crippen LogP contribution in [0.1, 0.15) is 47.7 Å². The lowest BCUT2D eigenvalue weighted by atomic mass is 10.1. The molecule has 4 atom stereocenters. The van der Waals surface area contributed by atoms with E-state index in [0.717, 1.165) is 6.20 Å². The molecule has 1 N–H and O–H groups in total. The number of ether oxygens (including phenoxy) is 4. The van der Waals surface area contributed by atoms with Gasteiger partial charge in [-0.25, -0.2) is 23.6 Å². The van der Waals surface area contributed by atoms with E-state index in [2.05, 4.69) is 10.3 Å². The Morgan fingerprint density at radius 1 is 0.680 bits per heavy atom. The van der Waals surface area contributed by atoms with Crippen molar-refractivity contribution in [3.63, 3.8) is 0 Å². The summed E-state index contributed by atoms with van der Waals surface area (Å²) < 4.78 is 39.5. The number of hydrogen-bond acceptors (Lipinski definition) is 10. The molecule has 1 saturated heterocycles. The maximum atomic E-state index is 15.5. The van der Waals surface area contributed by atoms with Crippen molar-refractivity contribution < 1.29 is 42.5 Å². The first-order valence-corrected chi connectivity index (χ1v) is 15.3. The fraction of sp³-hybridized carbons (Fsp3) is 0.135. The van der Waals surface area contributed by atoms with Gasteiger partial charge in [-0.05, 0) is 48.5 Å². The minimum absolute atomic E-state index is 0.119. The lowest BCUT2D eigenvalue weighted by Crippen LogP contribution is -2.42. The van der Waals surface area contributed by atoms with Gasteiger partial charge in [-0.3, -0.25) is 9.36 Å². The molecule has 0 bridgehead atoms. The summed E-state index contributed by atoms with van der Waals surface area (Å²) in [7, 11) is 0. The summed E-state index contributed by atoms with van der Waals surface area (Å²) in [4.78, 5) is 69.4. The van der Waals surface area contributed by atoms with E-state index in [9.17, 15) is 24.0 Å². The van der Waals surface area contributed by atoms with Crippen molar-refractivity contribution in [2.75, 3.05) is 11.9 Å². The Morgan fingerprint density at radius 3 is 1.66 bits per heavy atom. The van der Waals surface area contributed by atoms with Crippen LogP contribution in [0.15, 0.2) is 132 Å². The summed E-state index contributed by atoms with van der Waals surface area (Å²) in [5.41, 5.74) is -0.416. The SMILES string of the molecule is O=C(Nc1nc(=O)n([C@@H]2O[C@H](COC(=O)c3ccccc3)[C@H](OC(=O)c3ccccc3)[C@@H]2OC(=O)c2ccccc2)cc1F)c1ccccc1. The molecular formula is C37H28FN3O9. The number of halogens is 1. The summed E-state index contributed by atoms with van der Waals surface area (Å²) in [6.45, 7) is -0.522. The Bertz CT molecular complexity index is 2050. The van der Waals surface area contributed by atoms with E-state index in [1.807, 2.05) is 0 Å². The normalized spacial score (nSPS) is 18.1. The molecule has 2 heterocycles. The number of esters is 3. The van der Waals surface area contributed by atoms with Crippen LogP contribution in [0.25, 0.3) is 0 Å². The van der Waals surface area contributed by atoms with E-state index in [1.165, 1.54) is 48.5 Å². The molecule has 252 valence electrons. The number of anilines is 1. The van der Waals surface area contributed by atoms with E-state index in [-0.39, 0.29) is 22.3 Å². The van der Waals surface area contributed by atoms with Gasteiger partial charge in [0.2, 0.25) is 0 Å². The summed E-state index contributed by atoms with van der Waals surface area (Å²) >= 11 is 0. The van der Waals surface area contributed by atoms with Gasteiger partial charge in [-0.15, -0.1) is 0 Å². The van der Waals surface area contributed by atoms with Gasteiger partial charge in [0.15, 0.2) is 30.1 Å². The van der Waals surface area contributed by atoms with Crippen molar-refractivity contribution in [1.29, 1.82) is 0 Å². The van der Waals surface area contributed by atoms with Crippen molar-refractivity contribution in [3.05, 3.63) is 166 Å². The number of carbonyl (C=O) groups is 4. The minimum atomic E-state index is -1.63. The second-order valence-electron chi connectivity index (χ2n) is 10.9. The summed E-state index contributed by atoms with van der Waals surface area (Å²) in [6.07, 6.45) is -5.29. The van der Waals surface area contributed by atoms with E-state index < -0.39 is 72.3 Å². The average molecular weight is 678 g/mol. The molecule has 4 aromatic carbocycles. The van der Waals surface area contributed by atoms with Gasteiger partial charge < -0.3 is 24.3 Å². The first-order valence-electron chi connectivity index (χ1n) is 15.3. The van der Waals surface area contributed by atoms with Crippen LogP contribution < -0.4 is 11.0 Å². The van der Waals surface area contributed by atoms with Crippen molar-refractivity contribution in [2.45, 2.75) is 24.5 Å².